The van der Waals surface area contributed by atoms with E-state index in [0.717, 1.165) is 16.0 Å². The number of benzene rings is 1. The minimum Gasteiger partial charge on any atom is -0.481 e. The summed E-state index contributed by atoms with van der Waals surface area (Å²) < 4.78 is 29.9. The third-order valence-corrected chi connectivity index (χ3v) is 7.66. The molecule has 3 rings (SSSR count). The highest BCUT2D eigenvalue weighted by Crippen LogP contribution is 2.25. The Labute approximate surface area is 164 Å². The molecule has 146 valence electrons. The molecule has 1 fully saturated rings. The zero-order chi connectivity index (χ0) is 19.6. The van der Waals surface area contributed by atoms with Crippen molar-refractivity contribution in [1.29, 1.82) is 0 Å². The molecule has 1 aliphatic rings. The quantitative estimate of drug-likeness (QED) is 0.737. The number of carbonyl (C=O) groups is 1. The van der Waals surface area contributed by atoms with E-state index in [1.807, 2.05) is 49.6 Å². The predicted octanol–water partition coefficient (Wildman–Crippen LogP) is 3.35. The van der Waals surface area contributed by atoms with Crippen molar-refractivity contribution in [2.75, 3.05) is 11.5 Å². The van der Waals surface area contributed by atoms with E-state index < -0.39 is 15.9 Å². The minimum atomic E-state index is -3.08. The number of rotatable bonds is 6. The van der Waals surface area contributed by atoms with E-state index in [0.29, 0.717) is 18.7 Å². The van der Waals surface area contributed by atoms with Crippen molar-refractivity contribution in [1.82, 2.24) is 4.90 Å². The van der Waals surface area contributed by atoms with Crippen LogP contribution in [-0.2, 0) is 21.2 Å². The highest BCUT2D eigenvalue weighted by molar-refractivity contribution is 7.91. The second-order valence-electron chi connectivity index (χ2n) is 7.06. The zero-order valence-corrected chi connectivity index (χ0v) is 17.5. The summed E-state index contributed by atoms with van der Waals surface area (Å²) >= 11 is 1.56. The second kappa shape index (κ2) is 8.02. The van der Waals surface area contributed by atoms with Gasteiger partial charge in [0.25, 0.3) is 5.91 Å². The SMILES string of the molecule is Cc1cccc(O[C@@H](C)C(=O)N(Cc2cccs2)[C@H]2CCS(=O)(=O)C2)c1C. The van der Waals surface area contributed by atoms with Crippen LogP contribution < -0.4 is 4.74 Å². The number of sulfone groups is 1. The third-order valence-electron chi connectivity index (χ3n) is 5.04. The first kappa shape index (κ1) is 19.9. The van der Waals surface area contributed by atoms with Crippen LogP contribution in [0.4, 0.5) is 0 Å². The Morgan fingerprint density at radius 2 is 2.07 bits per heavy atom. The first-order valence-corrected chi connectivity index (χ1v) is 11.7. The molecule has 7 heteroatoms. The summed E-state index contributed by atoms with van der Waals surface area (Å²) in [6.45, 7) is 6.11. The lowest BCUT2D eigenvalue weighted by molar-refractivity contribution is -0.140. The molecule has 2 atom stereocenters. The average molecular weight is 408 g/mol. The molecule has 2 heterocycles. The van der Waals surface area contributed by atoms with Crippen molar-refractivity contribution < 1.29 is 17.9 Å². The number of hydrogen-bond acceptors (Lipinski definition) is 5. The lowest BCUT2D eigenvalue weighted by Gasteiger charge is -2.30. The Balaban J connectivity index is 1.80. The fraction of sp³-hybridized carbons (Fsp3) is 0.450. The van der Waals surface area contributed by atoms with Crippen LogP contribution in [0.1, 0.15) is 29.3 Å². The van der Waals surface area contributed by atoms with Crippen molar-refractivity contribution in [3.05, 3.63) is 51.7 Å². The maximum absolute atomic E-state index is 13.2. The lowest BCUT2D eigenvalue weighted by Crippen LogP contribution is -2.46. The Hall–Kier alpha value is -1.86. The molecular weight excluding hydrogens is 382 g/mol. The maximum atomic E-state index is 13.2. The Morgan fingerprint density at radius 1 is 1.30 bits per heavy atom. The van der Waals surface area contributed by atoms with Crippen LogP contribution >= 0.6 is 11.3 Å². The van der Waals surface area contributed by atoms with E-state index >= 15 is 0 Å². The van der Waals surface area contributed by atoms with Crippen LogP contribution in [0.3, 0.4) is 0 Å². The molecule has 0 bridgehead atoms. The van der Waals surface area contributed by atoms with E-state index in [1.54, 1.807) is 23.2 Å². The molecule has 0 aliphatic carbocycles. The molecule has 1 saturated heterocycles. The van der Waals surface area contributed by atoms with Crippen LogP contribution in [0, 0.1) is 13.8 Å². The summed E-state index contributed by atoms with van der Waals surface area (Å²) in [7, 11) is -3.08. The molecule has 1 amide bonds. The van der Waals surface area contributed by atoms with Gasteiger partial charge in [-0.2, -0.15) is 0 Å². The van der Waals surface area contributed by atoms with Gasteiger partial charge in [-0.05, 0) is 55.8 Å². The summed E-state index contributed by atoms with van der Waals surface area (Å²) in [4.78, 5) is 15.9. The molecule has 2 aromatic rings. The standard InChI is InChI=1S/C20H25NO4S2/c1-14-6-4-8-19(15(14)2)25-16(3)20(22)21(12-18-7-5-10-26-18)17-9-11-27(23,24)13-17/h4-8,10,16-17H,9,11-13H2,1-3H3/t16-,17-/m0/s1. The predicted molar refractivity (Wildman–Crippen MR) is 108 cm³/mol. The molecule has 0 N–H and O–H groups in total. The Bertz CT molecular complexity index is 906. The van der Waals surface area contributed by atoms with E-state index in [-0.39, 0.29) is 23.5 Å². The molecule has 1 aromatic carbocycles. The van der Waals surface area contributed by atoms with E-state index in [4.69, 9.17) is 4.74 Å². The number of hydrogen-bond donors (Lipinski definition) is 0. The summed E-state index contributed by atoms with van der Waals surface area (Å²) in [6.07, 6.45) is -0.205. The maximum Gasteiger partial charge on any atom is 0.263 e. The smallest absolute Gasteiger partial charge is 0.263 e. The molecule has 0 unspecified atom stereocenters. The van der Waals surface area contributed by atoms with E-state index in [1.165, 1.54) is 0 Å². The van der Waals surface area contributed by atoms with Gasteiger partial charge in [0, 0.05) is 10.9 Å². The van der Waals surface area contributed by atoms with Gasteiger partial charge < -0.3 is 9.64 Å². The van der Waals surface area contributed by atoms with Crippen LogP contribution in [0.5, 0.6) is 5.75 Å². The fourth-order valence-corrected chi connectivity index (χ4v) is 5.74. The van der Waals surface area contributed by atoms with Gasteiger partial charge in [-0.1, -0.05) is 18.2 Å². The topological polar surface area (TPSA) is 63.7 Å². The van der Waals surface area contributed by atoms with Crippen molar-refractivity contribution in [2.24, 2.45) is 0 Å². The number of carbonyl (C=O) groups excluding carboxylic acids is 1. The van der Waals surface area contributed by atoms with Crippen molar-refractivity contribution >= 4 is 27.1 Å². The molecule has 0 radical (unpaired) electrons. The largest absolute Gasteiger partial charge is 0.481 e. The van der Waals surface area contributed by atoms with Crippen LogP contribution in [0.15, 0.2) is 35.7 Å². The van der Waals surface area contributed by atoms with Gasteiger partial charge in [-0.25, -0.2) is 8.42 Å². The number of aryl methyl sites for hydroxylation is 1. The summed E-state index contributed by atoms with van der Waals surface area (Å²) in [6, 6.07) is 9.36. The third kappa shape index (κ3) is 4.71. The molecule has 27 heavy (non-hydrogen) atoms. The lowest BCUT2D eigenvalue weighted by atomic mass is 10.1. The van der Waals surface area contributed by atoms with Gasteiger partial charge in [0.1, 0.15) is 5.75 Å². The van der Waals surface area contributed by atoms with Gasteiger partial charge in [-0.15, -0.1) is 11.3 Å². The Kier molecular flexibility index (Phi) is 5.91. The molecule has 0 saturated carbocycles. The van der Waals surface area contributed by atoms with Crippen molar-refractivity contribution in [3.63, 3.8) is 0 Å². The monoisotopic (exact) mass is 407 g/mol. The normalized spacial score (nSPS) is 19.6. The van der Waals surface area contributed by atoms with Crippen LogP contribution in [-0.4, -0.2) is 42.9 Å². The molecular formula is C20H25NO4S2. The summed E-state index contributed by atoms with van der Waals surface area (Å²) in [5, 5.41) is 1.96. The van der Waals surface area contributed by atoms with Gasteiger partial charge in [0.05, 0.1) is 18.1 Å². The van der Waals surface area contributed by atoms with Crippen LogP contribution in [0.25, 0.3) is 0 Å². The first-order chi connectivity index (χ1) is 12.8. The zero-order valence-electron chi connectivity index (χ0n) is 15.8. The van der Waals surface area contributed by atoms with Gasteiger partial charge in [0.15, 0.2) is 15.9 Å². The highest BCUT2D eigenvalue weighted by atomic mass is 32.2. The number of nitrogens with zero attached hydrogens (tertiary/aromatic N) is 1. The van der Waals surface area contributed by atoms with Gasteiger partial charge >= 0.3 is 0 Å². The first-order valence-electron chi connectivity index (χ1n) is 9.03. The molecule has 1 aliphatic heterocycles. The summed E-state index contributed by atoms with van der Waals surface area (Å²) in [5.41, 5.74) is 2.11. The van der Waals surface area contributed by atoms with Gasteiger partial charge in [0.2, 0.25) is 0 Å². The van der Waals surface area contributed by atoms with Crippen LogP contribution in [0.2, 0.25) is 0 Å². The number of amides is 1. The number of thiophene rings is 1. The van der Waals surface area contributed by atoms with Gasteiger partial charge in [-0.3, -0.25) is 4.79 Å². The molecule has 5 nitrogen and oxygen atoms in total. The van der Waals surface area contributed by atoms with E-state index in [9.17, 15) is 13.2 Å². The molecule has 1 aromatic heterocycles. The molecule has 0 spiro atoms. The second-order valence-corrected chi connectivity index (χ2v) is 10.3. The van der Waals surface area contributed by atoms with Crippen molar-refractivity contribution in [3.8, 4) is 5.75 Å². The van der Waals surface area contributed by atoms with E-state index in [2.05, 4.69) is 0 Å². The number of ether oxygens (including phenoxy) is 1. The minimum absolute atomic E-state index is 0.0281. The highest BCUT2D eigenvalue weighted by Gasteiger charge is 2.36. The summed E-state index contributed by atoms with van der Waals surface area (Å²) in [5.74, 6) is 0.677. The fourth-order valence-electron chi connectivity index (χ4n) is 3.30. The Morgan fingerprint density at radius 3 is 2.70 bits per heavy atom. The van der Waals surface area contributed by atoms with Crippen molar-refractivity contribution in [2.45, 2.75) is 45.9 Å². The average Bonchev–Trinajstić information content (AvgIpc) is 3.25.